The molecule has 26 heavy (non-hydrogen) atoms. The van der Waals surface area contributed by atoms with Crippen LogP contribution in [0, 0.1) is 0 Å². The second-order valence-electron chi connectivity index (χ2n) is 7.31. The Morgan fingerprint density at radius 2 is 1.54 bits per heavy atom. The molecule has 0 saturated carbocycles. The summed E-state index contributed by atoms with van der Waals surface area (Å²) in [7, 11) is 0. The summed E-state index contributed by atoms with van der Waals surface area (Å²) in [5, 5.41) is 2.51. The van der Waals surface area contributed by atoms with E-state index in [2.05, 4.69) is 94.4 Å². The summed E-state index contributed by atoms with van der Waals surface area (Å²) in [5.41, 5.74) is 12.6. The minimum Gasteiger partial charge on any atom is -0.322 e. The molecule has 0 aromatic heterocycles. The highest BCUT2D eigenvalue weighted by atomic mass is 14.7. The van der Waals surface area contributed by atoms with Gasteiger partial charge >= 0.3 is 0 Å². The quantitative estimate of drug-likeness (QED) is 0.549. The van der Waals surface area contributed by atoms with E-state index in [1.54, 1.807) is 0 Å². The van der Waals surface area contributed by atoms with Crippen molar-refractivity contribution in [2.45, 2.75) is 46.1 Å². The first-order valence-corrected chi connectivity index (χ1v) is 9.57. The van der Waals surface area contributed by atoms with Crippen molar-refractivity contribution in [3.63, 3.8) is 0 Å². The average molecular weight is 344 g/mol. The molecule has 0 radical (unpaired) electrons. The number of benzene rings is 3. The lowest BCUT2D eigenvalue weighted by Crippen LogP contribution is -2.31. The van der Waals surface area contributed by atoms with Crippen LogP contribution in [0.3, 0.4) is 0 Å². The summed E-state index contributed by atoms with van der Waals surface area (Å²) in [6.07, 6.45) is 6.25. The van der Waals surface area contributed by atoms with E-state index in [1.807, 2.05) is 0 Å². The molecule has 0 aliphatic rings. The normalized spacial score (nSPS) is 14.0. The molecule has 1 nitrogen and oxygen atoms in total. The number of allylic oxidation sites excluding steroid dienone is 1. The Labute approximate surface area is 157 Å². The summed E-state index contributed by atoms with van der Waals surface area (Å²) >= 11 is 0. The number of nitrogens with two attached hydrogens (primary N) is 1. The van der Waals surface area contributed by atoms with Gasteiger partial charge in [0, 0.05) is 5.54 Å². The van der Waals surface area contributed by atoms with Crippen molar-refractivity contribution in [3.05, 3.63) is 77.4 Å². The Balaban J connectivity index is 2.03. The van der Waals surface area contributed by atoms with Crippen LogP contribution < -0.4 is 5.73 Å². The van der Waals surface area contributed by atoms with E-state index in [0.717, 1.165) is 12.8 Å². The summed E-state index contributed by atoms with van der Waals surface area (Å²) in [4.78, 5) is 0. The number of aryl methyl sites for hydroxylation is 1. The third-order valence-electron chi connectivity index (χ3n) is 5.44. The molecular weight excluding hydrogens is 314 g/mol. The van der Waals surface area contributed by atoms with Gasteiger partial charge < -0.3 is 5.73 Å². The van der Waals surface area contributed by atoms with E-state index in [4.69, 9.17) is 5.73 Å². The summed E-state index contributed by atoms with van der Waals surface area (Å²) in [6, 6.07) is 20.1. The van der Waals surface area contributed by atoms with Crippen molar-refractivity contribution in [2.75, 3.05) is 0 Å². The monoisotopic (exact) mass is 343 g/mol. The molecule has 0 amide bonds. The fourth-order valence-corrected chi connectivity index (χ4v) is 3.42. The molecule has 0 aliphatic carbocycles. The molecule has 1 atom stereocenters. The Morgan fingerprint density at radius 1 is 0.885 bits per heavy atom. The van der Waals surface area contributed by atoms with Crippen molar-refractivity contribution < 1.29 is 0 Å². The fraction of sp³-hybridized carbons (Fsp3) is 0.280. The molecule has 0 saturated heterocycles. The van der Waals surface area contributed by atoms with Crippen LogP contribution in [-0.2, 0) is 12.0 Å². The Bertz CT molecular complexity index is 948. The summed E-state index contributed by atoms with van der Waals surface area (Å²) < 4.78 is 0. The summed E-state index contributed by atoms with van der Waals surface area (Å²) in [5.74, 6) is 0. The molecule has 1 unspecified atom stereocenters. The maximum Gasteiger partial charge on any atom is 0.0378 e. The number of hydrogen-bond donors (Lipinski definition) is 1. The third-order valence-corrected chi connectivity index (χ3v) is 5.44. The predicted octanol–water partition coefficient (Wildman–Crippen LogP) is 6.69. The second-order valence-corrected chi connectivity index (χ2v) is 7.31. The first kappa shape index (κ1) is 18.4. The van der Waals surface area contributed by atoms with E-state index >= 15 is 0 Å². The van der Waals surface area contributed by atoms with Gasteiger partial charge in [0.25, 0.3) is 0 Å². The van der Waals surface area contributed by atoms with Crippen molar-refractivity contribution >= 4 is 16.8 Å². The van der Waals surface area contributed by atoms with Crippen molar-refractivity contribution in [1.82, 2.24) is 0 Å². The van der Waals surface area contributed by atoms with Gasteiger partial charge in [-0.2, -0.15) is 0 Å². The van der Waals surface area contributed by atoms with Gasteiger partial charge in [0.2, 0.25) is 0 Å². The number of fused-ring (bicyclic) bond motifs is 1. The maximum absolute atomic E-state index is 6.41. The second kappa shape index (κ2) is 7.47. The topological polar surface area (TPSA) is 26.0 Å². The van der Waals surface area contributed by atoms with E-state index in [9.17, 15) is 0 Å². The van der Waals surface area contributed by atoms with Gasteiger partial charge in [-0.1, -0.05) is 68.5 Å². The van der Waals surface area contributed by atoms with Crippen LogP contribution in [-0.4, -0.2) is 0 Å². The van der Waals surface area contributed by atoms with E-state index in [0.29, 0.717) is 0 Å². The van der Waals surface area contributed by atoms with E-state index in [-0.39, 0.29) is 5.54 Å². The zero-order valence-electron chi connectivity index (χ0n) is 16.3. The molecule has 0 aliphatic heterocycles. The van der Waals surface area contributed by atoms with Gasteiger partial charge in [-0.05, 0) is 77.4 Å². The van der Waals surface area contributed by atoms with Gasteiger partial charge in [0.05, 0.1) is 0 Å². The molecule has 134 valence electrons. The molecular formula is C25H29N. The number of hydrogen-bond acceptors (Lipinski definition) is 1. The highest BCUT2D eigenvalue weighted by Crippen LogP contribution is 2.30. The Morgan fingerprint density at radius 3 is 2.23 bits per heavy atom. The van der Waals surface area contributed by atoms with Crippen LogP contribution in [0.4, 0.5) is 0 Å². The molecule has 0 spiro atoms. The third kappa shape index (κ3) is 3.59. The van der Waals surface area contributed by atoms with E-state index < -0.39 is 0 Å². The molecule has 3 aromatic carbocycles. The van der Waals surface area contributed by atoms with Crippen molar-refractivity contribution in [3.8, 4) is 11.1 Å². The lowest BCUT2D eigenvalue weighted by molar-refractivity contribution is 0.477. The molecule has 0 bridgehead atoms. The first-order valence-electron chi connectivity index (χ1n) is 9.57. The van der Waals surface area contributed by atoms with Gasteiger partial charge in [-0.25, -0.2) is 0 Å². The minimum atomic E-state index is -0.272. The zero-order valence-corrected chi connectivity index (χ0v) is 16.3. The highest BCUT2D eigenvalue weighted by Gasteiger charge is 2.18. The Hall–Kier alpha value is -2.38. The highest BCUT2D eigenvalue weighted by molar-refractivity contribution is 5.88. The first-order chi connectivity index (χ1) is 12.5. The molecule has 3 aromatic rings. The van der Waals surface area contributed by atoms with Crippen LogP contribution >= 0.6 is 0 Å². The lowest BCUT2D eigenvalue weighted by atomic mass is 9.88. The van der Waals surface area contributed by atoms with Crippen molar-refractivity contribution in [2.24, 2.45) is 5.73 Å². The van der Waals surface area contributed by atoms with Crippen LogP contribution in [0.1, 0.15) is 50.8 Å². The van der Waals surface area contributed by atoms with Crippen LogP contribution in [0.5, 0.6) is 0 Å². The molecule has 0 heterocycles. The largest absolute Gasteiger partial charge is 0.322 e. The molecule has 0 fully saturated rings. The molecule has 3 rings (SSSR count). The van der Waals surface area contributed by atoms with Gasteiger partial charge in [-0.15, -0.1) is 0 Å². The SMILES string of the molecule is C/C=C\c1ccc(-c2ccc3cc(C(C)(N)CC)ccc3c2)cc1CC. The smallest absolute Gasteiger partial charge is 0.0378 e. The molecule has 1 heteroatoms. The van der Waals surface area contributed by atoms with Gasteiger partial charge in [0.15, 0.2) is 0 Å². The van der Waals surface area contributed by atoms with Crippen molar-refractivity contribution in [1.29, 1.82) is 0 Å². The van der Waals surface area contributed by atoms with Gasteiger partial charge in [-0.3, -0.25) is 0 Å². The van der Waals surface area contributed by atoms with E-state index in [1.165, 1.54) is 38.6 Å². The Kier molecular flexibility index (Phi) is 5.29. The maximum atomic E-state index is 6.41. The molecule has 2 N–H and O–H groups in total. The van der Waals surface area contributed by atoms with Crippen LogP contribution in [0.15, 0.2) is 60.7 Å². The predicted molar refractivity (Wildman–Crippen MR) is 115 cm³/mol. The zero-order chi connectivity index (χ0) is 18.7. The van der Waals surface area contributed by atoms with Crippen LogP contribution in [0.25, 0.3) is 28.0 Å². The standard InChI is InChI=1S/C25H29N/c1-5-8-19-9-10-20(15-18(19)6-2)21-11-12-23-17-24(25(4,26)7-3)14-13-22(23)16-21/h5,8-17H,6-7,26H2,1-4H3/b8-5-. The van der Waals surface area contributed by atoms with Crippen LogP contribution in [0.2, 0.25) is 0 Å². The average Bonchev–Trinajstić information content (AvgIpc) is 2.67. The van der Waals surface area contributed by atoms with Gasteiger partial charge in [0.1, 0.15) is 0 Å². The lowest BCUT2D eigenvalue weighted by Gasteiger charge is -2.23. The number of rotatable bonds is 5. The fourth-order valence-electron chi connectivity index (χ4n) is 3.42. The summed E-state index contributed by atoms with van der Waals surface area (Å²) in [6.45, 7) is 8.51. The minimum absolute atomic E-state index is 0.272.